The summed E-state index contributed by atoms with van der Waals surface area (Å²) in [6, 6.07) is 5.48. The van der Waals surface area contributed by atoms with E-state index in [4.69, 9.17) is 4.99 Å². The SMILES string of the molecule is C=c1[nH]n2c(=O)c(C(C)C)c(C)nc2c1=Nc1ccc(N(CC)CCO)cc1NC(C)=O. The van der Waals surface area contributed by atoms with Crippen molar-refractivity contribution in [1.82, 2.24) is 14.6 Å². The molecule has 0 radical (unpaired) electrons. The van der Waals surface area contributed by atoms with Crippen molar-refractivity contribution in [3.63, 3.8) is 0 Å². The van der Waals surface area contributed by atoms with Gasteiger partial charge in [0.05, 0.1) is 23.3 Å². The summed E-state index contributed by atoms with van der Waals surface area (Å²) in [4.78, 5) is 36.1. The van der Waals surface area contributed by atoms with Gasteiger partial charge in [0.25, 0.3) is 5.56 Å². The number of fused-ring (bicyclic) bond motifs is 1. The Hall–Kier alpha value is -3.46. The molecule has 170 valence electrons. The lowest BCUT2D eigenvalue weighted by molar-refractivity contribution is -0.114. The molecule has 2 heterocycles. The minimum Gasteiger partial charge on any atom is -0.395 e. The average molecular weight is 439 g/mol. The van der Waals surface area contributed by atoms with Crippen molar-refractivity contribution in [1.29, 1.82) is 0 Å². The Kier molecular flexibility index (Phi) is 6.78. The highest BCUT2D eigenvalue weighted by Gasteiger charge is 2.16. The lowest BCUT2D eigenvalue weighted by atomic mass is 10.0. The zero-order chi connectivity index (χ0) is 23.6. The number of nitrogens with one attached hydrogen (secondary N) is 2. The maximum absolute atomic E-state index is 13.0. The molecule has 9 heteroatoms. The summed E-state index contributed by atoms with van der Waals surface area (Å²) in [7, 11) is 0. The molecule has 0 saturated heterocycles. The number of amides is 1. The van der Waals surface area contributed by atoms with Crippen molar-refractivity contribution < 1.29 is 9.90 Å². The summed E-state index contributed by atoms with van der Waals surface area (Å²) in [5, 5.41) is 16.0. The van der Waals surface area contributed by atoms with E-state index in [1.165, 1.54) is 11.4 Å². The van der Waals surface area contributed by atoms with Crippen LogP contribution in [0.5, 0.6) is 0 Å². The zero-order valence-corrected chi connectivity index (χ0v) is 19.2. The van der Waals surface area contributed by atoms with E-state index in [0.717, 1.165) is 5.69 Å². The molecule has 32 heavy (non-hydrogen) atoms. The standard InChI is InChI=1S/C23H30N6O3/c1-7-28(10-11-30)17-8-9-18(19(12-17)25-16(6)31)26-21-15(5)27-29-22(21)24-14(4)20(13(2)3)23(29)32/h8-9,12-13,27,30H,5,7,10-11H2,1-4,6H3,(H,25,31). The van der Waals surface area contributed by atoms with Gasteiger partial charge in [-0.15, -0.1) is 0 Å². The Morgan fingerprint density at radius 1 is 1.41 bits per heavy atom. The maximum atomic E-state index is 13.0. The molecule has 0 aliphatic heterocycles. The number of H-pyrrole nitrogens is 1. The fourth-order valence-corrected chi connectivity index (χ4v) is 3.83. The highest BCUT2D eigenvalue weighted by Crippen LogP contribution is 2.30. The minimum absolute atomic E-state index is 0.0216. The van der Waals surface area contributed by atoms with Gasteiger partial charge >= 0.3 is 0 Å². The molecule has 0 saturated carbocycles. The van der Waals surface area contributed by atoms with Gasteiger partial charge in [0.15, 0.2) is 5.65 Å². The Balaban J connectivity index is 2.25. The van der Waals surface area contributed by atoms with Crippen molar-refractivity contribution in [2.45, 2.75) is 40.5 Å². The second-order valence-corrected chi connectivity index (χ2v) is 7.97. The van der Waals surface area contributed by atoms with Gasteiger partial charge < -0.3 is 15.3 Å². The van der Waals surface area contributed by atoms with Crippen LogP contribution < -0.4 is 26.5 Å². The molecule has 0 spiro atoms. The van der Waals surface area contributed by atoms with Crippen molar-refractivity contribution in [2.24, 2.45) is 4.99 Å². The van der Waals surface area contributed by atoms with Crippen LogP contribution in [0.1, 0.15) is 44.9 Å². The monoisotopic (exact) mass is 438 g/mol. The molecule has 3 aromatic rings. The third-order valence-electron chi connectivity index (χ3n) is 5.27. The molecule has 0 bridgehead atoms. The van der Waals surface area contributed by atoms with Crippen LogP contribution in [0.25, 0.3) is 12.2 Å². The smallest absolute Gasteiger partial charge is 0.276 e. The second kappa shape index (κ2) is 9.35. The largest absolute Gasteiger partial charge is 0.395 e. The number of nitrogens with zero attached hydrogens (tertiary/aromatic N) is 4. The first-order chi connectivity index (χ1) is 15.2. The van der Waals surface area contributed by atoms with E-state index in [2.05, 4.69) is 22.0 Å². The van der Waals surface area contributed by atoms with Crippen molar-refractivity contribution >= 4 is 35.2 Å². The third kappa shape index (κ3) is 4.43. The number of aromatic nitrogens is 3. The number of aliphatic hydroxyl groups is 1. The molecule has 0 unspecified atom stereocenters. The minimum atomic E-state index is -0.232. The number of benzene rings is 1. The fourth-order valence-electron chi connectivity index (χ4n) is 3.83. The fraction of sp³-hybridized carbons (Fsp3) is 0.391. The highest BCUT2D eigenvalue weighted by atomic mass is 16.3. The second-order valence-electron chi connectivity index (χ2n) is 7.97. The Morgan fingerprint density at radius 3 is 2.72 bits per heavy atom. The number of aliphatic hydroxyl groups excluding tert-OH is 1. The summed E-state index contributed by atoms with van der Waals surface area (Å²) in [6.07, 6.45) is 0. The summed E-state index contributed by atoms with van der Waals surface area (Å²) >= 11 is 0. The van der Waals surface area contributed by atoms with Gasteiger partial charge in [0.2, 0.25) is 5.91 Å². The van der Waals surface area contributed by atoms with Crippen LogP contribution in [-0.4, -0.2) is 45.3 Å². The predicted octanol–water partition coefficient (Wildman–Crippen LogP) is 1.59. The molecule has 0 aliphatic rings. The molecule has 0 aliphatic carbocycles. The molecular weight excluding hydrogens is 408 g/mol. The molecule has 1 amide bonds. The van der Waals surface area contributed by atoms with E-state index >= 15 is 0 Å². The van der Waals surface area contributed by atoms with Crippen LogP contribution in [0.3, 0.4) is 0 Å². The summed E-state index contributed by atoms with van der Waals surface area (Å²) in [6.45, 7) is 14.3. The Morgan fingerprint density at radius 2 is 2.12 bits per heavy atom. The molecule has 0 fully saturated rings. The molecule has 0 atom stereocenters. The molecule has 9 nitrogen and oxygen atoms in total. The van der Waals surface area contributed by atoms with Crippen molar-refractivity contribution in [3.8, 4) is 0 Å². The van der Waals surface area contributed by atoms with E-state index in [0.29, 0.717) is 52.1 Å². The van der Waals surface area contributed by atoms with Gasteiger partial charge in [-0.2, -0.15) is 4.52 Å². The van der Waals surface area contributed by atoms with Crippen LogP contribution in [0, 0.1) is 6.92 Å². The van der Waals surface area contributed by atoms with Crippen LogP contribution in [-0.2, 0) is 4.79 Å². The van der Waals surface area contributed by atoms with E-state index < -0.39 is 0 Å². The number of hydrogen-bond acceptors (Lipinski definition) is 6. The van der Waals surface area contributed by atoms with E-state index in [1.807, 2.05) is 44.7 Å². The van der Waals surface area contributed by atoms with E-state index in [-0.39, 0.29) is 24.0 Å². The quantitative estimate of drug-likeness (QED) is 0.518. The van der Waals surface area contributed by atoms with Gasteiger partial charge in [0.1, 0.15) is 5.36 Å². The lowest BCUT2D eigenvalue weighted by Crippen LogP contribution is -2.26. The van der Waals surface area contributed by atoms with E-state index in [9.17, 15) is 14.7 Å². The van der Waals surface area contributed by atoms with Crippen molar-refractivity contribution in [3.05, 3.63) is 50.5 Å². The number of carbonyl (C=O) groups is 1. The number of anilines is 2. The zero-order valence-electron chi connectivity index (χ0n) is 19.2. The number of aryl methyl sites for hydroxylation is 1. The number of likely N-dealkylation sites (N-methyl/N-ethyl adjacent to an activating group) is 1. The Labute approximate surface area is 186 Å². The van der Waals surface area contributed by atoms with E-state index in [1.54, 1.807) is 6.07 Å². The van der Waals surface area contributed by atoms with Crippen LogP contribution >= 0.6 is 0 Å². The lowest BCUT2D eigenvalue weighted by Gasteiger charge is -2.23. The first-order valence-electron chi connectivity index (χ1n) is 10.6. The number of rotatable bonds is 7. The molecule has 1 aromatic carbocycles. The van der Waals surface area contributed by atoms with Gasteiger partial charge in [-0.05, 0) is 38.0 Å². The summed E-state index contributed by atoms with van der Waals surface area (Å²) < 4.78 is 1.37. The normalized spacial score (nSPS) is 12.0. The van der Waals surface area contributed by atoms with Gasteiger partial charge in [-0.25, -0.2) is 9.98 Å². The first-order valence-corrected chi connectivity index (χ1v) is 10.6. The molecule has 3 N–H and O–H groups in total. The Bertz CT molecular complexity index is 1320. The van der Waals surface area contributed by atoms with Crippen molar-refractivity contribution in [2.75, 3.05) is 29.9 Å². The number of carbonyl (C=O) groups excluding carboxylic acids is 1. The third-order valence-corrected chi connectivity index (χ3v) is 5.27. The number of hydrogen-bond donors (Lipinski definition) is 3. The summed E-state index contributed by atoms with van der Waals surface area (Å²) in [5.41, 5.74) is 3.38. The van der Waals surface area contributed by atoms with Crippen LogP contribution in [0.2, 0.25) is 0 Å². The molecule has 2 aromatic heterocycles. The molecule has 3 rings (SSSR count). The van der Waals surface area contributed by atoms with Gasteiger partial charge in [-0.3, -0.25) is 14.7 Å². The topological polar surface area (TPSA) is 115 Å². The predicted molar refractivity (Wildman–Crippen MR) is 126 cm³/mol. The van der Waals surface area contributed by atoms with Gasteiger partial charge in [0, 0.05) is 37.0 Å². The summed E-state index contributed by atoms with van der Waals surface area (Å²) in [5.74, 6) is -0.201. The average Bonchev–Trinajstić information content (AvgIpc) is 3.02. The van der Waals surface area contributed by atoms with Gasteiger partial charge in [-0.1, -0.05) is 20.4 Å². The first kappa shape index (κ1) is 23.2. The highest BCUT2D eigenvalue weighted by molar-refractivity contribution is 5.93. The maximum Gasteiger partial charge on any atom is 0.276 e. The van der Waals surface area contributed by atoms with Crippen LogP contribution in [0.4, 0.5) is 17.1 Å². The van der Waals surface area contributed by atoms with Crippen LogP contribution in [0.15, 0.2) is 28.0 Å². The number of aromatic amines is 1. The molecular formula is C23H30N6O3.